The van der Waals surface area contributed by atoms with Crippen LogP contribution < -0.4 is 4.74 Å². The van der Waals surface area contributed by atoms with Gasteiger partial charge in [0.2, 0.25) is 0 Å². The highest BCUT2D eigenvalue weighted by molar-refractivity contribution is 5.41. The molecular weight excluding hydrogens is 246 g/mol. The molecule has 20 heavy (non-hydrogen) atoms. The number of fused-ring (bicyclic) bond motifs is 1. The van der Waals surface area contributed by atoms with E-state index in [4.69, 9.17) is 4.74 Å². The second-order valence-electron chi connectivity index (χ2n) is 5.88. The first-order valence-corrected chi connectivity index (χ1v) is 8.18. The lowest BCUT2D eigenvalue weighted by Crippen LogP contribution is -2.37. The van der Waals surface area contributed by atoms with E-state index in [0.29, 0.717) is 6.04 Å². The van der Waals surface area contributed by atoms with Gasteiger partial charge in [-0.25, -0.2) is 0 Å². The Balaban J connectivity index is 2.18. The molecule has 0 bridgehead atoms. The molecule has 2 rings (SSSR count). The predicted molar refractivity (Wildman–Crippen MR) is 85.6 cm³/mol. The molecule has 0 saturated carbocycles. The van der Waals surface area contributed by atoms with Crippen molar-refractivity contribution in [1.29, 1.82) is 0 Å². The van der Waals surface area contributed by atoms with Gasteiger partial charge in [-0.1, -0.05) is 26.0 Å². The van der Waals surface area contributed by atoms with Gasteiger partial charge >= 0.3 is 0 Å². The summed E-state index contributed by atoms with van der Waals surface area (Å²) in [5.41, 5.74) is 2.95. The van der Waals surface area contributed by atoms with Gasteiger partial charge in [0.15, 0.2) is 0 Å². The highest BCUT2D eigenvalue weighted by Gasteiger charge is 2.23. The molecule has 2 nitrogen and oxygen atoms in total. The molecule has 1 aliphatic rings. The van der Waals surface area contributed by atoms with Crippen LogP contribution in [0, 0.1) is 0 Å². The Hall–Kier alpha value is -1.02. The van der Waals surface area contributed by atoms with Crippen LogP contribution in [0.2, 0.25) is 0 Å². The summed E-state index contributed by atoms with van der Waals surface area (Å²) < 4.78 is 5.55. The molecule has 0 aliphatic heterocycles. The standard InChI is InChI=1S/C18H29NO/c1-4-12-19(13-5-2)16-9-7-10-17-15(14-16)8-6-11-18(17)20-3/h6,8,11,16H,4-5,7,9-10,12-14H2,1-3H3/t16-/m1/s1. The van der Waals surface area contributed by atoms with Gasteiger partial charge < -0.3 is 9.64 Å². The van der Waals surface area contributed by atoms with Crippen molar-refractivity contribution < 1.29 is 4.74 Å². The summed E-state index contributed by atoms with van der Waals surface area (Å²) in [6, 6.07) is 7.26. The van der Waals surface area contributed by atoms with Gasteiger partial charge in [-0.15, -0.1) is 0 Å². The van der Waals surface area contributed by atoms with Gasteiger partial charge in [0.05, 0.1) is 7.11 Å². The first kappa shape index (κ1) is 15.4. The van der Waals surface area contributed by atoms with Gasteiger partial charge in [-0.3, -0.25) is 0 Å². The van der Waals surface area contributed by atoms with E-state index < -0.39 is 0 Å². The van der Waals surface area contributed by atoms with E-state index in [2.05, 4.69) is 36.9 Å². The van der Waals surface area contributed by atoms with Crippen LogP contribution in [-0.2, 0) is 12.8 Å². The Morgan fingerprint density at radius 1 is 1.20 bits per heavy atom. The molecule has 0 N–H and O–H groups in total. The van der Waals surface area contributed by atoms with E-state index in [-0.39, 0.29) is 0 Å². The molecule has 0 aromatic heterocycles. The molecule has 112 valence electrons. The Morgan fingerprint density at radius 3 is 2.60 bits per heavy atom. The molecule has 0 fully saturated rings. The monoisotopic (exact) mass is 275 g/mol. The molecule has 1 aromatic carbocycles. The fourth-order valence-electron chi connectivity index (χ4n) is 3.51. The van der Waals surface area contributed by atoms with E-state index in [1.807, 2.05) is 0 Å². The highest BCUT2D eigenvalue weighted by Crippen LogP contribution is 2.30. The van der Waals surface area contributed by atoms with Gasteiger partial charge in [-0.2, -0.15) is 0 Å². The van der Waals surface area contributed by atoms with Crippen molar-refractivity contribution in [3.63, 3.8) is 0 Å². The minimum atomic E-state index is 0.711. The zero-order valence-electron chi connectivity index (χ0n) is 13.3. The average molecular weight is 275 g/mol. The molecule has 0 radical (unpaired) electrons. The van der Waals surface area contributed by atoms with Crippen molar-refractivity contribution in [2.45, 2.75) is 58.4 Å². The molecule has 0 amide bonds. The van der Waals surface area contributed by atoms with E-state index >= 15 is 0 Å². The van der Waals surface area contributed by atoms with Crippen molar-refractivity contribution in [3.05, 3.63) is 29.3 Å². The first-order valence-electron chi connectivity index (χ1n) is 8.18. The smallest absolute Gasteiger partial charge is 0.122 e. The Bertz CT molecular complexity index is 410. The fourth-order valence-corrected chi connectivity index (χ4v) is 3.51. The van der Waals surface area contributed by atoms with Crippen molar-refractivity contribution >= 4 is 0 Å². The lowest BCUT2D eigenvalue weighted by Gasteiger charge is -2.30. The summed E-state index contributed by atoms with van der Waals surface area (Å²) in [5, 5.41) is 0. The molecule has 2 heteroatoms. The van der Waals surface area contributed by atoms with E-state index in [0.717, 1.165) is 5.75 Å². The van der Waals surface area contributed by atoms with Crippen molar-refractivity contribution in [2.75, 3.05) is 20.2 Å². The van der Waals surface area contributed by atoms with Gasteiger partial charge in [-0.05, 0) is 68.8 Å². The Morgan fingerprint density at radius 2 is 1.95 bits per heavy atom. The van der Waals surface area contributed by atoms with Gasteiger partial charge in [0, 0.05) is 6.04 Å². The van der Waals surface area contributed by atoms with Crippen LogP contribution >= 0.6 is 0 Å². The third-order valence-corrected chi connectivity index (χ3v) is 4.41. The molecule has 0 heterocycles. The number of hydrogen-bond acceptors (Lipinski definition) is 2. The highest BCUT2D eigenvalue weighted by atomic mass is 16.5. The van der Waals surface area contributed by atoms with Crippen LogP contribution in [0.1, 0.15) is 50.7 Å². The average Bonchev–Trinajstić information content (AvgIpc) is 2.68. The second-order valence-corrected chi connectivity index (χ2v) is 5.88. The molecular formula is C18H29NO. The predicted octanol–water partition coefficient (Wildman–Crippen LogP) is 4.06. The minimum absolute atomic E-state index is 0.711. The molecule has 1 aliphatic carbocycles. The van der Waals surface area contributed by atoms with E-state index in [9.17, 15) is 0 Å². The van der Waals surface area contributed by atoms with Gasteiger partial charge in [0.25, 0.3) is 0 Å². The number of hydrogen-bond donors (Lipinski definition) is 0. The Kier molecular flexibility index (Phi) is 5.90. The van der Waals surface area contributed by atoms with Crippen LogP contribution in [0.3, 0.4) is 0 Å². The van der Waals surface area contributed by atoms with Crippen LogP contribution in [0.5, 0.6) is 5.75 Å². The summed E-state index contributed by atoms with van der Waals surface area (Å²) in [5.74, 6) is 1.08. The quantitative estimate of drug-likeness (QED) is 0.726. The van der Waals surface area contributed by atoms with Crippen LogP contribution in [0.15, 0.2) is 18.2 Å². The molecule has 1 aromatic rings. The SMILES string of the molecule is CCCN(CCC)[C@@H]1CCCc2c(cccc2OC)C1. The van der Waals surface area contributed by atoms with E-state index in [1.54, 1.807) is 7.11 Å². The second kappa shape index (κ2) is 7.68. The number of benzene rings is 1. The number of ether oxygens (including phenoxy) is 1. The zero-order valence-corrected chi connectivity index (χ0v) is 13.3. The summed E-state index contributed by atoms with van der Waals surface area (Å²) in [4.78, 5) is 2.70. The van der Waals surface area contributed by atoms with E-state index in [1.165, 1.54) is 62.7 Å². The third-order valence-electron chi connectivity index (χ3n) is 4.41. The summed E-state index contributed by atoms with van der Waals surface area (Å²) in [6.07, 6.45) is 7.46. The fraction of sp³-hybridized carbons (Fsp3) is 0.667. The molecule has 1 atom stereocenters. The minimum Gasteiger partial charge on any atom is -0.496 e. The molecule has 0 spiro atoms. The number of rotatable bonds is 6. The van der Waals surface area contributed by atoms with Gasteiger partial charge in [0.1, 0.15) is 5.75 Å². The molecule has 0 saturated heterocycles. The van der Waals surface area contributed by atoms with Crippen LogP contribution in [0.25, 0.3) is 0 Å². The zero-order chi connectivity index (χ0) is 14.4. The lowest BCUT2D eigenvalue weighted by molar-refractivity contribution is 0.185. The number of nitrogens with zero attached hydrogens (tertiary/aromatic N) is 1. The third kappa shape index (κ3) is 3.54. The number of methoxy groups -OCH3 is 1. The van der Waals surface area contributed by atoms with Crippen LogP contribution in [-0.4, -0.2) is 31.1 Å². The topological polar surface area (TPSA) is 12.5 Å². The summed E-state index contributed by atoms with van der Waals surface area (Å²) in [7, 11) is 1.79. The van der Waals surface area contributed by atoms with Crippen LogP contribution in [0.4, 0.5) is 0 Å². The summed E-state index contributed by atoms with van der Waals surface area (Å²) in [6.45, 7) is 7.04. The largest absolute Gasteiger partial charge is 0.496 e. The normalized spacial score (nSPS) is 18.7. The first-order chi connectivity index (χ1) is 9.80. The maximum absolute atomic E-state index is 5.55. The molecule has 0 unspecified atom stereocenters. The maximum atomic E-state index is 5.55. The maximum Gasteiger partial charge on any atom is 0.122 e. The summed E-state index contributed by atoms with van der Waals surface area (Å²) >= 11 is 0. The van der Waals surface area contributed by atoms with Crippen molar-refractivity contribution in [2.24, 2.45) is 0 Å². The van der Waals surface area contributed by atoms with Crippen molar-refractivity contribution in [1.82, 2.24) is 4.90 Å². The lowest BCUT2D eigenvalue weighted by atomic mass is 10.00. The van der Waals surface area contributed by atoms with Crippen molar-refractivity contribution in [3.8, 4) is 5.75 Å². The Labute approximate surface area is 124 Å².